The predicted octanol–water partition coefficient (Wildman–Crippen LogP) is 4.04. The molecular weight excluding hydrogens is 769 g/mol. The van der Waals surface area contributed by atoms with E-state index < -0.39 is 18.4 Å². The van der Waals surface area contributed by atoms with Crippen LogP contribution in [0.3, 0.4) is 0 Å². The van der Waals surface area contributed by atoms with Crippen LogP contribution in [0.2, 0.25) is 0 Å². The highest BCUT2D eigenvalue weighted by Gasteiger charge is 2.24. The molecule has 24 nitrogen and oxygen atoms in total. The number of esters is 1. The van der Waals surface area contributed by atoms with Gasteiger partial charge in [0.1, 0.15) is 12.2 Å². The van der Waals surface area contributed by atoms with E-state index in [9.17, 15) is 24.3 Å². The van der Waals surface area contributed by atoms with E-state index in [2.05, 4.69) is 71.4 Å². The van der Waals surface area contributed by atoms with Crippen LogP contribution < -0.4 is 10.6 Å². The Kier molecular flexibility index (Phi) is 12.8. The molecule has 6 aromatic rings. The third-order valence-electron chi connectivity index (χ3n) is 8.52. The fourth-order valence-electron chi connectivity index (χ4n) is 5.56. The Bertz CT molecular complexity index is 2360. The molecule has 3 N–H and O–H groups in total. The summed E-state index contributed by atoms with van der Waals surface area (Å²) in [5.74, 6) is -1.10. The molecule has 0 radical (unpaired) electrons. The largest absolute Gasteiger partial charge is 0.465 e. The van der Waals surface area contributed by atoms with E-state index in [1.54, 1.807) is 40.1 Å². The number of methoxy groups -OCH3 is 1. The number of Topliss-reactive ketones (excluding diaryl/α,β-unsaturated/α-hetero) is 1. The van der Waals surface area contributed by atoms with Crippen LogP contribution in [0.5, 0.6) is 0 Å². The summed E-state index contributed by atoms with van der Waals surface area (Å²) < 4.78 is 10.2. The second-order valence-corrected chi connectivity index (χ2v) is 12.6. The first-order chi connectivity index (χ1) is 28.5. The van der Waals surface area contributed by atoms with Crippen molar-refractivity contribution in [1.82, 2.24) is 59.1 Å². The standard InChI is InChI=1S/C35H38N18O6/c1-20-27(44-46-29-22(24(55)19-54)17-40-50(29)3)31(52(48-20)34-36-13-9-14-37-34)42-25(56)11-7-6-8-12-26(57)43-32-28(21(2)49-53(32)35-38-15-10-16-39-35)45-47-30-23(33(58)59-5)18-41-51(30)4/h9-10,13-18,54H,6-8,11-12,19H2,1-5H3,(H,42,56)(H,43,57)/b46-44+,47-45+. The average Bonchev–Trinajstić information content (AvgIpc) is 3.98. The van der Waals surface area contributed by atoms with Crippen LogP contribution in [0, 0.1) is 13.8 Å². The lowest BCUT2D eigenvalue weighted by Crippen LogP contribution is -2.16. The van der Waals surface area contributed by atoms with Gasteiger partial charge in [-0.1, -0.05) is 6.42 Å². The molecule has 6 rings (SSSR count). The molecule has 0 atom stereocenters. The average molecular weight is 807 g/mol. The Balaban J connectivity index is 1.12. The van der Waals surface area contributed by atoms with Crippen LogP contribution in [0.4, 0.5) is 34.6 Å². The molecule has 24 heteroatoms. The number of aromatic nitrogens is 12. The monoisotopic (exact) mass is 806 g/mol. The first-order valence-electron chi connectivity index (χ1n) is 17.9. The number of aliphatic hydroxyl groups excluding tert-OH is 1. The SMILES string of the molecule is COC(=O)c1cnn(C)c1/N=N/c1c(C)nn(-c2ncccn2)c1NC(=O)CCCCCC(=O)Nc1c(/N=N/c2c(C(=O)CO)cnn2C)c(C)nn1-c1ncccn1. The smallest absolute Gasteiger partial charge is 0.343 e. The topological polar surface area (TPSA) is 294 Å². The van der Waals surface area contributed by atoms with Crippen molar-refractivity contribution >= 4 is 58.2 Å². The summed E-state index contributed by atoms with van der Waals surface area (Å²) in [6, 6.07) is 3.27. The molecule has 59 heavy (non-hydrogen) atoms. The lowest BCUT2D eigenvalue weighted by Gasteiger charge is -2.09. The number of nitrogens with one attached hydrogen (secondary N) is 2. The Morgan fingerprint density at radius 2 is 1.12 bits per heavy atom. The van der Waals surface area contributed by atoms with Crippen molar-refractivity contribution in [2.75, 3.05) is 24.4 Å². The maximum Gasteiger partial charge on any atom is 0.343 e. The number of unbranched alkanes of at least 4 members (excludes halogenated alkanes) is 2. The number of carbonyl (C=O) groups excluding carboxylic acids is 4. The van der Waals surface area contributed by atoms with E-state index in [-0.39, 0.29) is 82.3 Å². The van der Waals surface area contributed by atoms with Crippen molar-refractivity contribution in [3.63, 3.8) is 0 Å². The minimum atomic E-state index is -0.736. The zero-order chi connectivity index (χ0) is 42.1. The van der Waals surface area contributed by atoms with Gasteiger partial charge in [-0.25, -0.2) is 34.1 Å². The Labute approximate surface area is 334 Å². The van der Waals surface area contributed by atoms with Gasteiger partial charge in [0, 0.05) is 51.7 Å². The van der Waals surface area contributed by atoms with Crippen LogP contribution in [0.15, 0.2) is 69.8 Å². The third-order valence-corrected chi connectivity index (χ3v) is 8.52. The number of azo groups is 2. The van der Waals surface area contributed by atoms with Gasteiger partial charge >= 0.3 is 5.97 Å². The molecule has 0 saturated heterocycles. The lowest BCUT2D eigenvalue weighted by molar-refractivity contribution is -0.116. The highest BCUT2D eigenvalue weighted by atomic mass is 16.5. The first kappa shape index (κ1) is 40.9. The molecule has 0 fully saturated rings. The molecule has 6 aromatic heterocycles. The second kappa shape index (κ2) is 18.5. The lowest BCUT2D eigenvalue weighted by atomic mass is 10.1. The van der Waals surface area contributed by atoms with Crippen LogP contribution >= 0.6 is 0 Å². The van der Waals surface area contributed by atoms with Gasteiger partial charge in [0.15, 0.2) is 40.4 Å². The minimum Gasteiger partial charge on any atom is -0.465 e. The number of aliphatic hydroxyl groups is 1. The molecule has 304 valence electrons. The summed E-state index contributed by atoms with van der Waals surface area (Å²) in [4.78, 5) is 68.1. The highest BCUT2D eigenvalue weighted by molar-refractivity contribution is 6.00. The molecule has 0 aliphatic heterocycles. The molecule has 0 aliphatic carbocycles. The van der Waals surface area contributed by atoms with E-state index in [4.69, 9.17) is 4.74 Å². The number of aryl methyl sites for hydroxylation is 4. The summed E-state index contributed by atoms with van der Waals surface area (Å²) in [5.41, 5.74) is 1.32. The van der Waals surface area contributed by atoms with Crippen LogP contribution in [0.1, 0.15) is 64.2 Å². The third kappa shape index (κ3) is 9.28. The van der Waals surface area contributed by atoms with Gasteiger partial charge < -0.3 is 20.5 Å². The first-order valence-corrected chi connectivity index (χ1v) is 17.9. The summed E-state index contributed by atoms with van der Waals surface area (Å²) in [6.07, 6.45) is 10.2. The molecule has 6 heterocycles. The number of hydrogen-bond donors (Lipinski definition) is 3. The number of carbonyl (C=O) groups is 4. The van der Waals surface area contributed by atoms with Crippen molar-refractivity contribution in [2.45, 2.75) is 46.0 Å². The van der Waals surface area contributed by atoms with Gasteiger partial charge in [-0.3, -0.25) is 14.4 Å². The predicted molar refractivity (Wildman–Crippen MR) is 206 cm³/mol. The number of anilines is 2. The van der Waals surface area contributed by atoms with Crippen LogP contribution in [-0.2, 0) is 28.4 Å². The number of rotatable bonds is 17. The van der Waals surface area contributed by atoms with Crippen molar-refractivity contribution in [3.8, 4) is 11.9 Å². The number of ether oxygens (including phenoxy) is 1. The van der Waals surface area contributed by atoms with Gasteiger partial charge in [0.05, 0.1) is 36.5 Å². The Morgan fingerprint density at radius 1 is 0.678 bits per heavy atom. The summed E-state index contributed by atoms with van der Waals surface area (Å²) in [7, 11) is 4.40. The second-order valence-electron chi connectivity index (χ2n) is 12.6. The van der Waals surface area contributed by atoms with Crippen molar-refractivity contribution in [2.24, 2.45) is 34.6 Å². The van der Waals surface area contributed by atoms with E-state index in [0.717, 1.165) is 0 Å². The van der Waals surface area contributed by atoms with E-state index in [1.807, 2.05) is 0 Å². The zero-order valence-corrected chi connectivity index (χ0v) is 32.5. The zero-order valence-electron chi connectivity index (χ0n) is 32.5. The maximum absolute atomic E-state index is 13.3. The molecule has 0 spiro atoms. The summed E-state index contributed by atoms with van der Waals surface area (Å²) in [5, 5.41) is 49.2. The minimum absolute atomic E-state index is 0.0719. The molecule has 0 aromatic carbocycles. The molecule has 0 saturated carbocycles. The number of nitrogens with zero attached hydrogens (tertiary/aromatic N) is 16. The van der Waals surface area contributed by atoms with Gasteiger partial charge in [-0.2, -0.15) is 29.8 Å². The fourth-order valence-corrected chi connectivity index (χ4v) is 5.56. The Hall–Kier alpha value is -7.76. The number of amides is 2. The quantitative estimate of drug-likeness (QED) is 0.0507. The maximum atomic E-state index is 13.3. The summed E-state index contributed by atoms with van der Waals surface area (Å²) in [6.45, 7) is 2.59. The number of ketones is 1. The Morgan fingerprint density at radius 3 is 1.56 bits per heavy atom. The van der Waals surface area contributed by atoms with Crippen LogP contribution in [-0.4, -0.2) is 101 Å². The van der Waals surface area contributed by atoms with Gasteiger partial charge in [0.2, 0.25) is 11.8 Å². The van der Waals surface area contributed by atoms with Gasteiger partial charge in [-0.15, -0.1) is 20.5 Å². The number of hydrogen-bond acceptors (Lipinski definition) is 18. The van der Waals surface area contributed by atoms with E-state index in [0.29, 0.717) is 30.7 Å². The highest BCUT2D eigenvalue weighted by Crippen LogP contribution is 2.35. The molecular formula is C35H38N18O6. The molecule has 0 unspecified atom stereocenters. The summed E-state index contributed by atoms with van der Waals surface area (Å²) >= 11 is 0. The van der Waals surface area contributed by atoms with Crippen molar-refractivity contribution in [1.29, 1.82) is 0 Å². The fraction of sp³-hybridized carbons (Fsp3) is 0.314. The van der Waals surface area contributed by atoms with Gasteiger partial charge in [0.25, 0.3) is 11.9 Å². The molecule has 0 aliphatic rings. The van der Waals surface area contributed by atoms with Crippen LogP contribution in [0.25, 0.3) is 11.9 Å². The molecule has 0 bridgehead atoms. The van der Waals surface area contributed by atoms with E-state index >= 15 is 0 Å². The molecule has 2 amide bonds. The normalized spacial score (nSPS) is 11.4. The van der Waals surface area contributed by atoms with Crippen molar-refractivity contribution < 1.29 is 29.0 Å². The van der Waals surface area contributed by atoms with Crippen molar-refractivity contribution in [3.05, 3.63) is 71.8 Å². The van der Waals surface area contributed by atoms with Gasteiger partial charge in [-0.05, 0) is 38.8 Å². The van der Waals surface area contributed by atoms with E-state index in [1.165, 1.54) is 63.0 Å².